The van der Waals surface area contributed by atoms with Crippen LogP contribution >= 0.6 is 0 Å². The fourth-order valence-electron chi connectivity index (χ4n) is 2.91. The van der Waals surface area contributed by atoms with Gasteiger partial charge in [0.25, 0.3) is 0 Å². The van der Waals surface area contributed by atoms with E-state index in [4.69, 9.17) is 0 Å². The molecule has 0 aromatic heterocycles. The van der Waals surface area contributed by atoms with Crippen molar-refractivity contribution in [1.29, 1.82) is 0 Å². The van der Waals surface area contributed by atoms with E-state index in [0.717, 1.165) is 12.2 Å². The second kappa shape index (κ2) is 5.25. The maximum atomic E-state index is 13.0. The molecule has 0 aliphatic heterocycles. The van der Waals surface area contributed by atoms with E-state index in [2.05, 4.69) is 0 Å². The Morgan fingerprint density at radius 3 is 1.38 bits per heavy atom. The van der Waals surface area contributed by atoms with Gasteiger partial charge in [-0.3, -0.25) is 0 Å². The third-order valence-corrected chi connectivity index (χ3v) is 13.7. The summed E-state index contributed by atoms with van der Waals surface area (Å²) in [6, 6.07) is 0. The summed E-state index contributed by atoms with van der Waals surface area (Å²) in [5.41, 5.74) is -1.46. The standard InChI is InChI=1S/2C6H4F3.2CH3.Zr/c2*7-6(8,9)5-3-1-2-4-5;;;/h2*1,3H,2H2;2*1H3;. The molecule has 21 heavy (non-hydrogen) atoms. The summed E-state index contributed by atoms with van der Waals surface area (Å²) in [6.45, 7) is 0. The quantitative estimate of drug-likeness (QED) is 0.526. The zero-order valence-electron chi connectivity index (χ0n) is 11.5. The van der Waals surface area contributed by atoms with Gasteiger partial charge in [-0.15, -0.1) is 0 Å². The summed E-state index contributed by atoms with van der Waals surface area (Å²) in [7, 11) is 0. The van der Waals surface area contributed by atoms with Crippen LogP contribution in [0.1, 0.15) is 12.8 Å². The topological polar surface area (TPSA) is 0 Å². The first-order valence-corrected chi connectivity index (χ1v) is 13.8. The van der Waals surface area contributed by atoms with Crippen molar-refractivity contribution >= 4 is 0 Å². The van der Waals surface area contributed by atoms with Crippen molar-refractivity contribution in [2.75, 3.05) is 0 Å². The van der Waals surface area contributed by atoms with Crippen LogP contribution < -0.4 is 0 Å². The molecule has 0 bridgehead atoms. The molecule has 0 radical (unpaired) electrons. The molecule has 0 N–H and O–H groups in total. The van der Waals surface area contributed by atoms with Crippen LogP contribution in [0.4, 0.5) is 26.3 Å². The van der Waals surface area contributed by atoms with Crippen molar-refractivity contribution in [3.05, 3.63) is 42.0 Å². The van der Waals surface area contributed by atoms with Gasteiger partial charge >= 0.3 is 123 Å². The Labute approximate surface area is 123 Å². The molecule has 0 atom stereocenters. The number of hydrogen-bond acceptors (Lipinski definition) is 0. The van der Waals surface area contributed by atoms with Crippen LogP contribution in [-0.4, -0.2) is 12.4 Å². The Balaban J connectivity index is 2.54. The molecular formula is C14H14F6Zr. The molecule has 0 amide bonds. The summed E-state index contributed by atoms with van der Waals surface area (Å²) >= 11 is -3.86. The summed E-state index contributed by atoms with van der Waals surface area (Å²) in [5, 5.41) is 0. The zero-order chi connectivity index (χ0) is 16.1. The normalized spacial score (nSPS) is 20.2. The molecule has 2 aliphatic carbocycles. The predicted molar refractivity (Wildman–Crippen MR) is 65.4 cm³/mol. The third kappa shape index (κ3) is 3.13. The van der Waals surface area contributed by atoms with Gasteiger partial charge in [-0.2, -0.15) is 0 Å². The van der Waals surface area contributed by atoms with Gasteiger partial charge in [0.15, 0.2) is 0 Å². The van der Waals surface area contributed by atoms with Crippen molar-refractivity contribution < 1.29 is 46.6 Å². The average molecular weight is 387 g/mol. The van der Waals surface area contributed by atoms with Crippen LogP contribution in [0.3, 0.4) is 0 Å². The molecule has 0 heterocycles. The molecule has 0 fully saturated rings. The van der Waals surface area contributed by atoms with E-state index in [1.54, 1.807) is 9.26 Å². The number of rotatable bonds is 2. The van der Waals surface area contributed by atoms with Crippen molar-refractivity contribution in [1.82, 2.24) is 0 Å². The molecule has 2 aliphatic rings. The second-order valence-electron chi connectivity index (χ2n) is 5.62. The monoisotopic (exact) mass is 386 g/mol. The van der Waals surface area contributed by atoms with Crippen LogP contribution in [-0.2, 0) is 20.3 Å². The zero-order valence-corrected chi connectivity index (χ0v) is 13.9. The Morgan fingerprint density at radius 1 is 0.762 bits per heavy atom. The van der Waals surface area contributed by atoms with Crippen LogP contribution in [0.2, 0.25) is 9.26 Å². The summed E-state index contributed by atoms with van der Waals surface area (Å²) < 4.78 is 81.9. The summed E-state index contributed by atoms with van der Waals surface area (Å²) in [6.07, 6.45) is -3.96. The SMILES string of the molecule is [CH3][Zr]([CH3])([C]1=C(C(F)(F)F)C=CC1)[C]1=C(C(F)(F)F)C=CC1. The first-order chi connectivity index (χ1) is 9.45. The third-order valence-electron chi connectivity index (χ3n) is 3.98. The van der Waals surface area contributed by atoms with Gasteiger partial charge in [0, 0.05) is 0 Å². The maximum absolute atomic E-state index is 13.0. The Morgan fingerprint density at radius 2 is 1.10 bits per heavy atom. The van der Waals surface area contributed by atoms with Crippen molar-refractivity contribution in [3.8, 4) is 0 Å². The van der Waals surface area contributed by atoms with Gasteiger partial charge in [-0.25, -0.2) is 0 Å². The Hall–Kier alpha value is -0.577. The van der Waals surface area contributed by atoms with Crippen molar-refractivity contribution in [2.24, 2.45) is 0 Å². The molecule has 116 valence electrons. The fraction of sp³-hybridized carbons (Fsp3) is 0.429. The second-order valence-corrected chi connectivity index (χ2v) is 16.6. The van der Waals surface area contributed by atoms with Crippen LogP contribution in [0.15, 0.2) is 42.0 Å². The average Bonchev–Trinajstić information content (AvgIpc) is 2.97. The molecule has 0 aromatic carbocycles. The van der Waals surface area contributed by atoms with E-state index < -0.39 is 43.8 Å². The first-order valence-electron chi connectivity index (χ1n) is 6.40. The molecule has 7 heteroatoms. The number of allylic oxidation sites excluding steroid dienone is 8. The molecule has 0 spiro atoms. The van der Waals surface area contributed by atoms with Crippen LogP contribution in [0, 0.1) is 0 Å². The molecule has 2 rings (SSSR count). The van der Waals surface area contributed by atoms with Gasteiger partial charge in [0.1, 0.15) is 0 Å². The van der Waals surface area contributed by atoms with Crippen molar-refractivity contribution in [2.45, 2.75) is 34.5 Å². The molecular weight excluding hydrogens is 373 g/mol. The number of halogens is 6. The number of alkyl halides is 6. The fourth-order valence-corrected chi connectivity index (χ4v) is 11.3. The van der Waals surface area contributed by atoms with Crippen molar-refractivity contribution in [3.63, 3.8) is 0 Å². The minimum atomic E-state index is -4.50. The van der Waals surface area contributed by atoms with E-state index in [1.165, 1.54) is 12.2 Å². The number of hydrogen-bond donors (Lipinski definition) is 0. The Kier molecular flexibility index (Phi) is 4.20. The van der Waals surface area contributed by atoms with Gasteiger partial charge < -0.3 is 0 Å². The van der Waals surface area contributed by atoms with Gasteiger partial charge in [-0.05, 0) is 0 Å². The molecule has 0 saturated heterocycles. The van der Waals surface area contributed by atoms with Crippen LogP contribution in [0.25, 0.3) is 0 Å². The molecule has 0 unspecified atom stereocenters. The molecule has 0 saturated carbocycles. The van der Waals surface area contributed by atoms with Gasteiger partial charge in [0.05, 0.1) is 0 Å². The minimum absolute atomic E-state index is 0.118. The van der Waals surface area contributed by atoms with Gasteiger partial charge in [0.2, 0.25) is 0 Å². The molecule has 0 aromatic rings. The van der Waals surface area contributed by atoms with Gasteiger partial charge in [-0.1, -0.05) is 0 Å². The van der Waals surface area contributed by atoms with E-state index in [0.29, 0.717) is 0 Å². The van der Waals surface area contributed by atoms with E-state index in [-0.39, 0.29) is 19.4 Å². The summed E-state index contributed by atoms with van der Waals surface area (Å²) in [5.74, 6) is 0. The summed E-state index contributed by atoms with van der Waals surface area (Å²) in [4.78, 5) is 0. The molecule has 0 nitrogen and oxygen atoms in total. The first kappa shape index (κ1) is 16.8. The Bertz CT molecular complexity index is 519. The van der Waals surface area contributed by atoms with Crippen LogP contribution in [0.5, 0.6) is 0 Å². The van der Waals surface area contributed by atoms with E-state index >= 15 is 0 Å². The van der Waals surface area contributed by atoms with E-state index in [9.17, 15) is 26.3 Å². The predicted octanol–water partition coefficient (Wildman–Crippen LogP) is 5.79. The van der Waals surface area contributed by atoms with E-state index in [1.807, 2.05) is 0 Å².